The smallest absolute Gasteiger partial charge is 0.268 e. The van der Waals surface area contributed by atoms with Crippen molar-refractivity contribution in [2.24, 2.45) is 0 Å². The van der Waals surface area contributed by atoms with Crippen molar-refractivity contribution in [2.45, 2.75) is 57.2 Å². The number of halogens is 1. The van der Waals surface area contributed by atoms with Gasteiger partial charge in [-0.05, 0) is 56.2 Å². The lowest BCUT2D eigenvalue weighted by Crippen LogP contribution is -2.41. The first-order valence-corrected chi connectivity index (χ1v) is 13.2. The van der Waals surface area contributed by atoms with Gasteiger partial charge in [-0.15, -0.1) is 0 Å². The first-order chi connectivity index (χ1) is 16.4. The number of anilines is 1. The van der Waals surface area contributed by atoms with E-state index in [1.165, 1.54) is 29.2 Å². The maximum atomic E-state index is 13.5. The molecular formula is C26H30ClN3O4S. The summed E-state index contributed by atoms with van der Waals surface area (Å²) in [5.74, 6) is -0.526. The summed E-state index contributed by atoms with van der Waals surface area (Å²) in [6, 6.07) is 16.1. The number of nitrogens with one attached hydrogen (secondary N) is 1. The third-order valence-corrected chi connectivity index (χ3v) is 7.29. The van der Waals surface area contributed by atoms with Gasteiger partial charge in [-0.2, -0.15) is 0 Å². The molecule has 0 saturated carbocycles. The van der Waals surface area contributed by atoms with Crippen LogP contribution in [0.1, 0.15) is 51.3 Å². The van der Waals surface area contributed by atoms with E-state index in [-0.39, 0.29) is 17.0 Å². The van der Waals surface area contributed by atoms with E-state index in [4.69, 9.17) is 11.6 Å². The molecule has 9 heteroatoms. The van der Waals surface area contributed by atoms with Crippen LogP contribution in [0.3, 0.4) is 0 Å². The number of rotatable bonds is 5. The van der Waals surface area contributed by atoms with Crippen molar-refractivity contribution >= 4 is 33.2 Å². The monoisotopic (exact) mass is 515 g/mol. The van der Waals surface area contributed by atoms with Gasteiger partial charge in [0.05, 0.1) is 17.1 Å². The quantitative estimate of drug-likeness (QED) is 0.483. The Kier molecular flexibility index (Phi) is 7.71. The Morgan fingerprint density at radius 3 is 2.23 bits per heavy atom. The number of aliphatic hydroxyl groups is 1. The lowest BCUT2D eigenvalue weighted by molar-refractivity contribution is -0.132. The number of fused-ring (bicyclic) bond motifs is 1. The van der Waals surface area contributed by atoms with Crippen LogP contribution in [0.15, 0.2) is 71.8 Å². The highest BCUT2D eigenvalue weighted by atomic mass is 35.5. The number of hydrogen-bond acceptors (Lipinski definition) is 5. The average molecular weight is 516 g/mol. The molecule has 2 heterocycles. The topological polar surface area (TPSA) is 99.6 Å². The summed E-state index contributed by atoms with van der Waals surface area (Å²) >= 11 is 5.86. The molecule has 0 radical (unpaired) electrons. The highest BCUT2D eigenvalue weighted by Gasteiger charge is 2.51. The van der Waals surface area contributed by atoms with E-state index in [1.807, 2.05) is 13.8 Å². The summed E-state index contributed by atoms with van der Waals surface area (Å²) in [5, 5.41) is 12.0. The van der Waals surface area contributed by atoms with E-state index in [9.17, 15) is 18.3 Å². The molecule has 0 bridgehead atoms. The number of pyridine rings is 1. The Hall–Kier alpha value is -2.78. The van der Waals surface area contributed by atoms with Crippen LogP contribution in [0, 0.1) is 0 Å². The molecule has 2 aromatic carbocycles. The third-order valence-electron chi connectivity index (χ3n) is 5.29. The normalized spacial score (nSPS) is 17.6. The first-order valence-electron chi connectivity index (χ1n) is 11.3. The molecule has 3 aromatic rings. The minimum Gasteiger partial charge on any atom is -0.372 e. The predicted octanol–water partition coefficient (Wildman–Crippen LogP) is 4.62. The number of benzene rings is 2. The molecular weight excluding hydrogens is 486 g/mol. The number of hydrogen-bond donors (Lipinski definition) is 2. The standard InChI is InChI=1S/C24H24ClN3O4S.C2H6/c1-23(2,3)27-33(31,32)18-11-9-17(10-12-18)24(30)19-6-4-5-7-20(19)28(22(24)29)15-16-8-13-21(25)26-14-16;1-2/h4-14,27,30H,15H2,1-3H3;1-2H3. The zero-order valence-corrected chi connectivity index (χ0v) is 22.0. The van der Waals surface area contributed by atoms with Crippen LogP contribution in [0.2, 0.25) is 5.15 Å². The highest BCUT2D eigenvalue weighted by Crippen LogP contribution is 2.45. The maximum Gasteiger partial charge on any atom is 0.268 e. The van der Waals surface area contributed by atoms with E-state index >= 15 is 0 Å². The fraction of sp³-hybridized carbons (Fsp3) is 0.308. The van der Waals surface area contributed by atoms with Crippen LogP contribution < -0.4 is 9.62 Å². The van der Waals surface area contributed by atoms with Crippen LogP contribution in [0.4, 0.5) is 5.69 Å². The van der Waals surface area contributed by atoms with Gasteiger partial charge in [0, 0.05) is 17.3 Å². The number of para-hydroxylation sites is 1. The largest absolute Gasteiger partial charge is 0.372 e. The van der Waals surface area contributed by atoms with Crippen molar-refractivity contribution in [1.29, 1.82) is 0 Å². The van der Waals surface area contributed by atoms with Gasteiger partial charge in [0.2, 0.25) is 10.0 Å². The third kappa shape index (κ3) is 5.41. The van der Waals surface area contributed by atoms with Gasteiger partial charge in [-0.3, -0.25) is 4.79 Å². The molecule has 186 valence electrons. The molecule has 35 heavy (non-hydrogen) atoms. The average Bonchev–Trinajstić information content (AvgIpc) is 3.03. The van der Waals surface area contributed by atoms with Gasteiger partial charge in [-0.25, -0.2) is 18.1 Å². The van der Waals surface area contributed by atoms with Gasteiger partial charge in [0.25, 0.3) is 5.91 Å². The van der Waals surface area contributed by atoms with E-state index in [0.29, 0.717) is 16.4 Å². The number of sulfonamides is 1. The Labute approximate surface area is 211 Å². The molecule has 0 fully saturated rings. The highest BCUT2D eigenvalue weighted by molar-refractivity contribution is 7.89. The van der Waals surface area contributed by atoms with Gasteiger partial charge in [-0.1, -0.05) is 61.8 Å². The number of nitrogens with zero attached hydrogens (tertiary/aromatic N) is 2. The van der Waals surface area contributed by atoms with Crippen molar-refractivity contribution in [2.75, 3.05) is 4.90 Å². The Morgan fingerprint density at radius 1 is 1.03 bits per heavy atom. The Bertz CT molecular complexity index is 1300. The fourth-order valence-corrected chi connectivity index (χ4v) is 5.42. The van der Waals surface area contributed by atoms with Gasteiger partial charge in [0.1, 0.15) is 5.15 Å². The van der Waals surface area contributed by atoms with Crippen LogP contribution in [-0.2, 0) is 27.0 Å². The summed E-state index contributed by atoms with van der Waals surface area (Å²) in [6.45, 7) is 9.45. The molecule has 2 N–H and O–H groups in total. The summed E-state index contributed by atoms with van der Waals surface area (Å²) in [4.78, 5) is 19.1. The summed E-state index contributed by atoms with van der Waals surface area (Å²) in [5.41, 5.74) is -0.553. The van der Waals surface area contributed by atoms with E-state index < -0.39 is 27.1 Å². The number of amides is 1. The summed E-state index contributed by atoms with van der Waals surface area (Å²) in [6.07, 6.45) is 1.58. The van der Waals surface area contributed by atoms with Crippen molar-refractivity contribution < 1.29 is 18.3 Å². The van der Waals surface area contributed by atoms with Crippen LogP contribution in [0.5, 0.6) is 0 Å². The van der Waals surface area contributed by atoms with Crippen molar-refractivity contribution in [3.8, 4) is 0 Å². The maximum absolute atomic E-state index is 13.5. The van der Waals surface area contributed by atoms with Crippen LogP contribution >= 0.6 is 11.6 Å². The van der Waals surface area contributed by atoms with Crippen LogP contribution in [0.25, 0.3) is 0 Å². The first kappa shape index (κ1) is 26.8. The Morgan fingerprint density at radius 2 is 1.66 bits per heavy atom. The van der Waals surface area contributed by atoms with Gasteiger partial charge in [0.15, 0.2) is 5.60 Å². The number of aromatic nitrogens is 1. The van der Waals surface area contributed by atoms with Crippen molar-refractivity contribution in [3.63, 3.8) is 0 Å². The van der Waals surface area contributed by atoms with E-state index in [1.54, 1.807) is 63.4 Å². The minimum absolute atomic E-state index is 0.0487. The number of carbonyl (C=O) groups is 1. The molecule has 1 unspecified atom stereocenters. The molecule has 1 aromatic heterocycles. The van der Waals surface area contributed by atoms with E-state index in [0.717, 1.165) is 5.56 Å². The lowest BCUT2D eigenvalue weighted by Gasteiger charge is -2.24. The van der Waals surface area contributed by atoms with Gasteiger partial charge < -0.3 is 10.0 Å². The second kappa shape index (κ2) is 10.1. The molecule has 0 saturated heterocycles. The molecule has 1 amide bonds. The molecule has 1 aliphatic heterocycles. The summed E-state index contributed by atoms with van der Waals surface area (Å²) < 4.78 is 27.9. The molecule has 4 rings (SSSR count). The van der Waals surface area contributed by atoms with Gasteiger partial charge >= 0.3 is 0 Å². The van der Waals surface area contributed by atoms with Crippen molar-refractivity contribution in [1.82, 2.24) is 9.71 Å². The molecule has 0 aliphatic carbocycles. The van der Waals surface area contributed by atoms with E-state index in [2.05, 4.69) is 9.71 Å². The van der Waals surface area contributed by atoms with Crippen LogP contribution in [-0.4, -0.2) is 30.0 Å². The minimum atomic E-state index is -3.75. The zero-order valence-electron chi connectivity index (χ0n) is 20.4. The molecule has 1 aliphatic rings. The SMILES string of the molecule is CC.CC(C)(C)NS(=O)(=O)c1ccc(C2(O)C(=O)N(Cc3ccc(Cl)nc3)c3ccccc32)cc1. The molecule has 7 nitrogen and oxygen atoms in total. The number of carbonyl (C=O) groups excluding carboxylic acids is 1. The molecule has 0 spiro atoms. The second-order valence-electron chi connectivity index (χ2n) is 8.99. The molecule has 1 atom stereocenters. The predicted molar refractivity (Wildman–Crippen MR) is 138 cm³/mol. The Balaban J connectivity index is 0.00000167. The fourth-order valence-electron chi connectivity index (χ4n) is 3.89. The summed E-state index contributed by atoms with van der Waals surface area (Å²) in [7, 11) is -3.75. The second-order valence-corrected chi connectivity index (χ2v) is 11.1. The lowest BCUT2D eigenvalue weighted by atomic mass is 9.87. The zero-order chi connectivity index (χ0) is 26.0. The van der Waals surface area contributed by atoms with Crippen molar-refractivity contribution in [3.05, 3.63) is 88.7 Å².